The average molecular weight is 328 g/mol. The van der Waals surface area contributed by atoms with Crippen molar-refractivity contribution in [3.8, 4) is 0 Å². The van der Waals surface area contributed by atoms with Crippen molar-refractivity contribution >= 4 is 11.7 Å². The Morgan fingerprint density at radius 2 is 1.79 bits per heavy atom. The van der Waals surface area contributed by atoms with Crippen LogP contribution in [0, 0.1) is 5.82 Å². The van der Waals surface area contributed by atoms with Gasteiger partial charge in [-0.3, -0.25) is 4.79 Å². The number of carbonyl (C=O) groups excluding carboxylic acids is 1. The van der Waals surface area contributed by atoms with Gasteiger partial charge in [-0.1, -0.05) is 31.0 Å². The lowest BCUT2D eigenvalue weighted by molar-refractivity contribution is 0.0944. The molecule has 1 aliphatic rings. The summed E-state index contributed by atoms with van der Waals surface area (Å²) in [6.07, 6.45) is 4.82. The average Bonchev–Trinajstić information content (AvgIpc) is 2.90. The molecule has 0 aliphatic carbocycles. The summed E-state index contributed by atoms with van der Waals surface area (Å²) in [6.45, 7) is 2.09. The second-order valence-electron chi connectivity index (χ2n) is 5.95. The number of rotatable bonds is 4. The van der Waals surface area contributed by atoms with Crippen molar-refractivity contribution in [3.05, 3.63) is 53.5 Å². The molecule has 2 heterocycles. The Balaban J connectivity index is 1.60. The molecule has 3 rings (SSSR count). The standard InChI is InChI=1S/C18H21FN4O/c19-15-8-4-3-7-14(15)13-20-18(24)16-9-10-17(22-21-16)23-11-5-1-2-6-12-23/h3-4,7-10H,1-2,5-6,11-13H2,(H,20,24). The monoisotopic (exact) mass is 328 g/mol. The molecule has 6 heteroatoms. The van der Waals surface area contributed by atoms with Crippen LogP contribution in [0.5, 0.6) is 0 Å². The number of aromatic nitrogens is 2. The fourth-order valence-electron chi connectivity index (χ4n) is 2.82. The van der Waals surface area contributed by atoms with Gasteiger partial charge in [-0.25, -0.2) is 4.39 Å². The van der Waals surface area contributed by atoms with Gasteiger partial charge >= 0.3 is 0 Å². The molecule has 0 unspecified atom stereocenters. The SMILES string of the molecule is O=C(NCc1ccccc1F)c1ccc(N2CCCCCC2)nn1. The quantitative estimate of drug-likeness (QED) is 0.937. The molecule has 0 saturated carbocycles. The van der Waals surface area contributed by atoms with E-state index in [-0.39, 0.29) is 24.0 Å². The number of benzene rings is 1. The molecule has 1 fully saturated rings. The smallest absolute Gasteiger partial charge is 0.272 e. The fraction of sp³-hybridized carbons (Fsp3) is 0.389. The summed E-state index contributed by atoms with van der Waals surface area (Å²) < 4.78 is 13.5. The number of carbonyl (C=O) groups is 1. The number of amides is 1. The summed E-state index contributed by atoms with van der Waals surface area (Å²) in [5.41, 5.74) is 0.685. The van der Waals surface area contributed by atoms with Crippen LogP contribution in [0.25, 0.3) is 0 Å². The van der Waals surface area contributed by atoms with Crippen LogP contribution in [0.3, 0.4) is 0 Å². The van der Waals surface area contributed by atoms with Crippen LogP contribution in [0.15, 0.2) is 36.4 Å². The molecule has 1 aromatic carbocycles. The van der Waals surface area contributed by atoms with Crippen LogP contribution in [0.1, 0.15) is 41.7 Å². The van der Waals surface area contributed by atoms with Gasteiger partial charge in [0.2, 0.25) is 0 Å². The molecular weight excluding hydrogens is 307 g/mol. The van der Waals surface area contributed by atoms with Gasteiger partial charge in [-0.15, -0.1) is 10.2 Å². The number of nitrogens with zero attached hydrogens (tertiary/aromatic N) is 3. The zero-order valence-corrected chi connectivity index (χ0v) is 13.5. The van der Waals surface area contributed by atoms with Crippen molar-refractivity contribution in [3.63, 3.8) is 0 Å². The maximum atomic E-state index is 13.5. The zero-order chi connectivity index (χ0) is 16.8. The zero-order valence-electron chi connectivity index (χ0n) is 13.5. The van der Waals surface area contributed by atoms with E-state index in [1.165, 1.54) is 18.9 Å². The van der Waals surface area contributed by atoms with Gasteiger partial charge in [0.15, 0.2) is 11.5 Å². The Morgan fingerprint density at radius 3 is 2.46 bits per heavy atom. The molecule has 0 radical (unpaired) electrons. The fourth-order valence-corrected chi connectivity index (χ4v) is 2.82. The van der Waals surface area contributed by atoms with Crippen molar-refractivity contribution < 1.29 is 9.18 Å². The first-order valence-corrected chi connectivity index (χ1v) is 8.34. The molecule has 1 aliphatic heterocycles. The normalized spacial score (nSPS) is 15.0. The maximum Gasteiger partial charge on any atom is 0.272 e. The van der Waals surface area contributed by atoms with Gasteiger partial charge in [0.1, 0.15) is 5.82 Å². The lowest BCUT2D eigenvalue weighted by Crippen LogP contribution is -2.27. The van der Waals surface area contributed by atoms with Crippen molar-refractivity contribution in [2.45, 2.75) is 32.2 Å². The van der Waals surface area contributed by atoms with Crippen molar-refractivity contribution in [2.75, 3.05) is 18.0 Å². The van der Waals surface area contributed by atoms with Crippen molar-refractivity contribution in [1.82, 2.24) is 15.5 Å². The predicted octanol–water partition coefficient (Wildman–Crippen LogP) is 2.93. The summed E-state index contributed by atoms with van der Waals surface area (Å²) in [6, 6.07) is 9.87. The molecule has 24 heavy (non-hydrogen) atoms. The highest BCUT2D eigenvalue weighted by Crippen LogP contribution is 2.16. The topological polar surface area (TPSA) is 58.1 Å². The van der Waals surface area contributed by atoms with Crippen molar-refractivity contribution in [1.29, 1.82) is 0 Å². The molecule has 0 atom stereocenters. The van der Waals surface area contributed by atoms with Crippen LogP contribution in [0.4, 0.5) is 10.2 Å². The van der Waals surface area contributed by atoms with E-state index >= 15 is 0 Å². The Morgan fingerprint density at radius 1 is 1.04 bits per heavy atom. The third-order valence-corrected chi connectivity index (χ3v) is 4.21. The number of hydrogen-bond acceptors (Lipinski definition) is 4. The maximum absolute atomic E-state index is 13.5. The molecule has 1 aromatic heterocycles. The third-order valence-electron chi connectivity index (χ3n) is 4.21. The Kier molecular flexibility index (Phi) is 5.36. The predicted molar refractivity (Wildman–Crippen MR) is 90.3 cm³/mol. The highest BCUT2D eigenvalue weighted by molar-refractivity contribution is 5.92. The molecule has 1 N–H and O–H groups in total. The molecule has 0 bridgehead atoms. The first-order valence-electron chi connectivity index (χ1n) is 8.34. The van der Waals surface area contributed by atoms with Crippen LogP contribution in [0.2, 0.25) is 0 Å². The molecule has 1 amide bonds. The lowest BCUT2D eigenvalue weighted by atomic mass is 10.2. The van der Waals surface area contributed by atoms with Crippen LogP contribution in [-0.2, 0) is 6.54 Å². The molecule has 2 aromatic rings. The third kappa shape index (κ3) is 4.07. The molecule has 0 spiro atoms. The van der Waals surface area contributed by atoms with Crippen molar-refractivity contribution in [2.24, 2.45) is 0 Å². The van der Waals surface area contributed by atoms with E-state index in [0.717, 1.165) is 31.7 Å². The first kappa shape index (κ1) is 16.4. The Bertz CT molecular complexity index is 682. The first-order chi connectivity index (χ1) is 11.7. The highest BCUT2D eigenvalue weighted by Gasteiger charge is 2.14. The van der Waals surface area contributed by atoms with Crippen LogP contribution >= 0.6 is 0 Å². The van der Waals surface area contributed by atoms with Gasteiger partial charge < -0.3 is 10.2 Å². The summed E-state index contributed by atoms with van der Waals surface area (Å²) in [5.74, 6) is 0.121. The number of halogens is 1. The highest BCUT2D eigenvalue weighted by atomic mass is 19.1. The van der Waals surface area contributed by atoms with E-state index in [2.05, 4.69) is 20.4 Å². The van der Waals surface area contributed by atoms with Gasteiger partial charge in [0, 0.05) is 25.2 Å². The number of hydrogen-bond donors (Lipinski definition) is 1. The van der Waals surface area contributed by atoms with Gasteiger partial charge in [0.05, 0.1) is 0 Å². The van der Waals surface area contributed by atoms with Gasteiger partial charge in [-0.05, 0) is 31.0 Å². The summed E-state index contributed by atoms with van der Waals surface area (Å²) in [5, 5.41) is 10.9. The Labute approximate surface area is 140 Å². The second kappa shape index (κ2) is 7.86. The number of anilines is 1. The van der Waals surface area contributed by atoms with E-state index in [1.807, 2.05) is 6.07 Å². The summed E-state index contributed by atoms with van der Waals surface area (Å²) >= 11 is 0. The summed E-state index contributed by atoms with van der Waals surface area (Å²) in [7, 11) is 0. The molecule has 1 saturated heterocycles. The van der Waals surface area contributed by atoms with E-state index in [0.29, 0.717) is 5.56 Å². The molecular formula is C18H21FN4O. The van der Waals surface area contributed by atoms with Crippen LogP contribution < -0.4 is 10.2 Å². The van der Waals surface area contributed by atoms with E-state index in [4.69, 9.17) is 0 Å². The van der Waals surface area contributed by atoms with E-state index < -0.39 is 0 Å². The van der Waals surface area contributed by atoms with Crippen LogP contribution in [-0.4, -0.2) is 29.2 Å². The largest absolute Gasteiger partial charge is 0.355 e. The lowest BCUT2D eigenvalue weighted by Gasteiger charge is -2.20. The Hall–Kier alpha value is -2.50. The molecule has 5 nitrogen and oxygen atoms in total. The van der Waals surface area contributed by atoms with E-state index in [9.17, 15) is 9.18 Å². The minimum Gasteiger partial charge on any atom is -0.355 e. The molecule has 126 valence electrons. The van der Waals surface area contributed by atoms with E-state index in [1.54, 1.807) is 24.3 Å². The van der Waals surface area contributed by atoms with Gasteiger partial charge in [-0.2, -0.15) is 0 Å². The summed E-state index contributed by atoms with van der Waals surface area (Å²) in [4.78, 5) is 14.3. The second-order valence-corrected chi connectivity index (χ2v) is 5.95. The van der Waals surface area contributed by atoms with Gasteiger partial charge in [0.25, 0.3) is 5.91 Å². The minimum absolute atomic E-state index is 0.126. The number of nitrogens with one attached hydrogen (secondary N) is 1. The minimum atomic E-state index is -0.354.